The van der Waals surface area contributed by atoms with Gasteiger partial charge in [0.05, 0.1) is 11.1 Å². The van der Waals surface area contributed by atoms with Gasteiger partial charge in [0.2, 0.25) is 5.82 Å². The molecule has 0 amide bonds. The fourth-order valence-corrected chi connectivity index (χ4v) is 2.87. The molecular weight excluding hydrogens is 274 g/mol. The molecule has 0 saturated heterocycles. The third-order valence-corrected chi connectivity index (χ3v) is 3.95. The first-order valence-electron chi connectivity index (χ1n) is 6.18. The van der Waals surface area contributed by atoms with Crippen molar-refractivity contribution in [2.45, 2.75) is 13.5 Å². The van der Waals surface area contributed by atoms with Crippen molar-refractivity contribution < 1.29 is 0 Å². The van der Waals surface area contributed by atoms with Gasteiger partial charge in [0.25, 0.3) is 0 Å². The number of hydrogen-bond donors (Lipinski definition) is 1. The fourth-order valence-electron chi connectivity index (χ4n) is 2.14. The SMILES string of the molecule is CCn1cc(N)c(-c2nc3c4ccsc4ncn3n2)n1. The Hall–Kier alpha value is -2.48. The minimum Gasteiger partial charge on any atom is -0.396 e. The molecule has 2 N–H and O–H groups in total. The van der Waals surface area contributed by atoms with E-state index in [9.17, 15) is 0 Å². The molecule has 4 rings (SSSR count). The summed E-state index contributed by atoms with van der Waals surface area (Å²) in [6, 6.07) is 1.99. The molecule has 0 bridgehead atoms. The highest BCUT2D eigenvalue weighted by atomic mass is 32.1. The number of anilines is 1. The molecule has 100 valence electrons. The maximum Gasteiger partial charge on any atom is 0.204 e. The van der Waals surface area contributed by atoms with E-state index >= 15 is 0 Å². The summed E-state index contributed by atoms with van der Waals surface area (Å²) in [5.41, 5.74) is 7.94. The summed E-state index contributed by atoms with van der Waals surface area (Å²) in [6.45, 7) is 2.76. The van der Waals surface area contributed by atoms with E-state index in [1.807, 2.05) is 18.4 Å². The minimum absolute atomic E-state index is 0.523. The van der Waals surface area contributed by atoms with Crippen molar-refractivity contribution in [3.8, 4) is 11.5 Å². The number of nitrogens with two attached hydrogens (primary N) is 1. The zero-order valence-corrected chi connectivity index (χ0v) is 11.5. The molecule has 0 fully saturated rings. The molecule has 4 aromatic rings. The number of nitrogens with zero attached hydrogens (tertiary/aromatic N) is 6. The smallest absolute Gasteiger partial charge is 0.204 e. The number of hydrogen-bond acceptors (Lipinski definition) is 6. The van der Waals surface area contributed by atoms with Crippen molar-refractivity contribution in [2.24, 2.45) is 0 Å². The molecule has 8 heteroatoms. The van der Waals surface area contributed by atoms with Crippen LogP contribution in [0.15, 0.2) is 24.0 Å². The standard InChI is InChI=1S/C12H11N7S/c1-2-18-5-8(13)9(16-18)10-15-11-7-3-4-20-12(7)14-6-19(11)17-10/h3-6H,2,13H2,1H3. The van der Waals surface area contributed by atoms with Gasteiger partial charge in [0.1, 0.15) is 11.2 Å². The Morgan fingerprint density at radius 1 is 1.35 bits per heavy atom. The van der Waals surface area contributed by atoms with Gasteiger partial charge in [0.15, 0.2) is 11.3 Å². The molecule has 0 aliphatic heterocycles. The predicted octanol–water partition coefficient (Wildman–Crippen LogP) is 1.80. The number of nitrogen functional groups attached to an aromatic ring is 1. The van der Waals surface area contributed by atoms with Crippen molar-refractivity contribution in [1.29, 1.82) is 0 Å². The van der Waals surface area contributed by atoms with Gasteiger partial charge in [-0.3, -0.25) is 4.68 Å². The van der Waals surface area contributed by atoms with Gasteiger partial charge < -0.3 is 5.73 Å². The van der Waals surface area contributed by atoms with Crippen LogP contribution in [0.1, 0.15) is 6.92 Å². The van der Waals surface area contributed by atoms with Gasteiger partial charge in [-0.1, -0.05) is 0 Å². The number of aryl methyl sites for hydroxylation is 1. The van der Waals surface area contributed by atoms with Crippen molar-refractivity contribution in [3.63, 3.8) is 0 Å². The number of aromatic nitrogens is 6. The van der Waals surface area contributed by atoms with Crippen LogP contribution in [0.5, 0.6) is 0 Å². The third kappa shape index (κ3) is 1.51. The molecule has 0 aliphatic carbocycles. The highest BCUT2D eigenvalue weighted by molar-refractivity contribution is 7.16. The van der Waals surface area contributed by atoms with E-state index in [0.717, 1.165) is 22.4 Å². The van der Waals surface area contributed by atoms with E-state index in [2.05, 4.69) is 20.2 Å². The van der Waals surface area contributed by atoms with Crippen LogP contribution < -0.4 is 5.73 Å². The lowest BCUT2D eigenvalue weighted by Crippen LogP contribution is -1.94. The Labute approximate surface area is 117 Å². The summed E-state index contributed by atoms with van der Waals surface area (Å²) < 4.78 is 3.43. The van der Waals surface area contributed by atoms with E-state index in [1.54, 1.807) is 33.1 Å². The van der Waals surface area contributed by atoms with E-state index in [-0.39, 0.29) is 0 Å². The minimum atomic E-state index is 0.523. The number of fused-ring (bicyclic) bond motifs is 3. The third-order valence-electron chi connectivity index (χ3n) is 3.13. The second-order valence-corrected chi connectivity index (χ2v) is 5.27. The summed E-state index contributed by atoms with van der Waals surface area (Å²) in [5, 5.41) is 11.8. The molecule has 20 heavy (non-hydrogen) atoms. The Balaban J connectivity index is 1.97. The monoisotopic (exact) mass is 285 g/mol. The van der Waals surface area contributed by atoms with Gasteiger partial charge in [-0.25, -0.2) is 14.5 Å². The average molecular weight is 285 g/mol. The van der Waals surface area contributed by atoms with E-state index in [1.165, 1.54) is 0 Å². The van der Waals surface area contributed by atoms with Crippen molar-refractivity contribution in [2.75, 3.05) is 5.73 Å². The highest BCUT2D eigenvalue weighted by Crippen LogP contribution is 2.25. The quantitative estimate of drug-likeness (QED) is 0.607. The molecule has 0 spiro atoms. The molecule has 0 saturated carbocycles. The summed E-state index contributed by atoms with van der Waals surface area (Å²) in [5.74, 6) is 0.523. The summed E-state index contributed by atoms with van der Waals surface area (Å²) in [6.07, 6.45) is 3.46. The number of thiophene rings is 1. The van der Waals surface area contributed by atoms with Crippen LogP contribution in [0.25, 0.3) is 27.4 Å². The first-order valence-corrected chi connectivity index (χ1v) is 7.06. The predicted molar refractivity (Wildman–Crippen MR) is 77.5 cm³/mol. The molecule has 0 radical (unpaired) electrons. The Morgan fingerprint density at radius 3 is 3.05 bits per heavy atom. The second-order valence-electron chi connectivity index (χ2n) is 4.38. The van der Waals surface area contributed by atoms with Crippen LogP contribution in [-0.2, 0) is 6.54 Å². The van der Waals surface area contributed by atoms with Crippen LogP contribution in [0.4, 0.5) is 5.69 Å². The normalized spacial score (nSPS) is 11.7. The Morgan fingerprint density at radius 2 is 2.25 bits per heavy atom. The maximum atomic E-state index is 5.98. The molecule has 0 atom stereocenters. The van der Waals surface area contributed by atoms with Crippen LogP contribution >= 0.6 is 11.3 Å². The largest absolute Gasteiger partial charge is 0.396 e. The molecule has 4 heterocycles. The highest BCUT2D eigenvalue weighted by Gasteiger charge is 2.15. The van der Waals surface area contributed by atoms with Crippen LogP contribution in [0.2, 0.25) is 0 Å². The van der Waals surface area contributed by atoms with Gasteiger partial charge in [0, 0.05) is 12.7 Å². The van der Waals surface area contributed by atoms with Crippen LogP contribution in [0, 0.1) is 0 Å². The molecule has 0 aliphatic rings. The lowest BCUT2D eigenvalue weighted by atomic mass is 10.3. The van der Waals surface area contributed by atoms with Crippen molar-refractivity contribution in [3.05, 3.63) is 24.0 Å². The lowest BCUT2D eigenvalue weighted by Gasteiger charge is -1.90. The van der Waals surface area contributed by atoms with Gasteiger partial charge in [-0.05, 0) is 18.4 Å². The molecule has 7 nitrogen and oxygen atoms in total. The van der Waals surface area contributed by atoms with Gasteiger partial charge in [-0.15, -0.1) is 16.4 Å². The average Bonchev–Trinajstić information content (AvgIpc) is 3.13. The Bertz CT molecular complexity index is 916. The van der Waals surface area contributed by atoms with E-state index in [4.69, 9.17) is 5.73 Å². The first-order chi connectivity index (χ1) is 9.76. The summed E-state index contributed by atoms with van der Waals surface area (Å²) in [7, 11) is 0. The second kappa shape index (κ2) is 4.01. The fraction of sp³-hybridized carbons (Fsp3) is 0.167. The Kier molecular flexibility index (Phi) is 2.27. The topological polar surface area (TPSA) is 86.9 Å². The molecule has 0 aromatic carbocycles. The van der Waals surface area contributed by atoms with Crippen molar-refractivity contribution >= 4 is 32.9 Å². The van der Waals surface area contributed by atoms with E-state index < -0.39 is 0 Å². The first kappa shape index (κ1) is 11.4. The van der Waals surface area contributed by atoms with Crippen LogP contribution in [0.3, 0.4) is 0 Å². The summed E-state index contributed by atoms with van der Waals surface area (Å²) in [4.78, 5) is 9.84. The van der Waals surface area contributed by atoms with Gasteiger partial charge >= 0.3 is 0 Å². The van der Waals surface area contributed by atoms with Crippen LogP contribution in [-0.4, -0.2) is 29.4 Å². The summed E-state index contributed by atoms with van der Waals surface area (Å²) >= 11 is 1.58. The van der Waals surface area contributed by atoms with Gasteiger partial charge in [-0.2, -0.15) is 5.10 Å². The molecule has 4 aromatic heterocycles. The van der Waals surface area contributed by atoms with Crippen molar-refractivity contribution in [1.82, 2.24) is 29.4 Å². The zero-order valence-electron chi connectivity index (χ0n) is 10.7. The molecular formula is C12H11N7S. The van der Waals surface area contributed by atoms with E-state index in [0.29, 0.717) is 17.2 Å². The lowest BCUT2D eigenvalue weighted by molar-refractivity contribution is 0.661. The number of rotatable bonds is 2. The molecule has 0 unspecified atom stereocenters. The maximum absolute atomic E-state index is 5.98. The zero-order chi connectivity index (χ0) is 13.7.